The summed E-state index contributed by atoms with van der Waals surface area (Å²) in [5.41, 5.74) is 1.67. The average molecular weight is 446 g/mol. The van der Waals surface area contributed by atoms with Crippen LogP contribution in [-0.4, -0.2) is 42.6 Å². The predicted octanol–water partition coefficient (Wildman–Crippen LogP) is 4.01. The number of aromatic nitrogens is 2. The Kier molecular flexibility index (Phi) is 6.88. The molecule has 1 amide bonds. The van der Waals surface area contributed by atoms with E-state index in [2.05, 4.69) is 36.5 Å². The van der Waals surface area contributed by atoms with Gasteiger partial charge in [-0.1, -0.05) is 15.9 Å². The Morgan fingerprint density at radius 3 is 2.46 bits per heavy atom. The number of anilines is 2. The van der Waals surface area contributed by atoms with Crippen LogP contribution < -0.4 is 15.5 Å². The van der Waals surface area contributed by atoms with Gasteiger partial charge >= 0.3 is 0 Å². The fraction of sp³-hybridized carbons (Fsp3) is 0.476. The topological polar surface area (TPSA) is 70.2 Å². The predicted molar refractivity (Wildman–Crippen MR) is 117 cm³/mol. The molecule has 0 atom stereocenters. The summed E-state index contributed by atoms with van der Waals surface area (Å²) in [7, 11) is 3.96. The molecular formula is C21H28BrN5O. The zero-order valence-corrected chi connectivity index (χ0v) is 18.3. The van der Waals surface area contributed by atoms with Crippen LogP contribution in [0, 0.1) is 12.8 Å². The number of nitrogens with one attached hydrogen (secondary N) is 2. The van der Waals surface area contributed by atoms with Crippen molar-refractivity contribution in [3.63, 3.8) is 0 Å². The smallest absolute Gasteiger partial charge is 0.251 e. The van der Waals surface area contributed by atoms with Gasteiger partial charge in [0.1, 0.15) is 5.82 Å². The summed E-state index contributed by atoms with van der Waals surface area (Å²) in [4.78, 5) is 23.4. The van der Waals surface area contributed by atoms with Crippen LogP contribution in [0.5, 0.6) is 0 Å². The van der Waals surface area contributed by atoms with E-state index in [4.69, 9.17) is 0 Å². The van der Waals surface area contributed by atoms with Gasteiger partial charge in [-0.25, -0.2) is 4.98 Å². The SMILES string of the molecule is Cc1cc(N(C)C)nc(NC[C@H]2CC[C@@H](NC(=O)c3ccc(Br)cc3)CC2)n1. The van der Waals surface area contributed by atoms with Crippen molar-refractivity contribution < 1.29 is 4.79 Å². The molecule has 1 aliphatic carbocycles. The van der Waals surface area contributed by atoms with E-state index in [1.54, 1.807) is 0 Å². The number of rotatable bonds is 6. The zero-order valence-electron chi connectivity index (χ0n) is 16.7. The fourth-order valence-electron chi connectivity index (χ4n) is 3.48. The minimum absolute atomic E-state index is 0.0125. The van der Waals surface area contributed by atoms with Gasteiger partial charge in [-0.15, -0.1) is 0 Å². The van der Waals surface area contributed by atoms with E-state index in [1.165, 1.54) is 0 Å². The number of benzene rings is 1. The van der Waals surface area contributed by atoms with Crippen molar-refractivity contribution in [3.8, 4) is 0 Å². The quantitative estimate of drug-likeness (QED) is 0.702. The van der Waals surface area contributed by atoms with Crippen LogP contribution in [0.2, 0.25) is 0 Å². The number of carbonyl (C=O) groups is 1. The van der Waals surface area contributed by atoms with Crippen molar-refractivity contribution in [2.24, 2.45) is 5.92 Å². The van der Waals surface area contributed by atoms with Gasteiger partial charge < -0.3 is 15.5 Å². The molecule has 0 saturated heterocycles. The normalized spacial score (nSPS) is 19.1. The number of aryl methyl sites for hydroxylation is 1. The Labute approximate surface area is 175 Å². The molecule has 1 fully saturated rings. The van der Waals surface area contributed by atoms with Crippen molar-refractivity contribution >= 4 is 33.6 Å². The molecule has 2 N–H and O–H groups in total. The van der Waals surface area contributed by atoms with Gasteiger partial charge in [0, 0.05) is 48.5 Å². The Balaban J connectivity index is 1.45. The summed E-state index contributed by atoms with van der Waals surface area (Å²) in [6, 6.07) is 9.71. The lowest BCUT2D eigenvalue weighted by molar-refractivity contribution is 0.0922. The van der Waals surface area contributed by atoms with Crippen molar-refractivity contribution in [1.82, 2.24) is 15.3 Å². The molecule has 0 bridgehead atoms. The second kappa shape index (κ2) is 9.37. The molecule has 7 heteroatoms. The van der Waals surface area contributed by atoms with Crippen molar-refractivity contribution in [3.05, 3.63) is 46.1 Å². The van der Waals surface area contributed by atoms with Crippen molar-refractivity contribution in [2.75, 3.05) is 30.9 Å². The first-order valence-corrected chi connectivity index (χ1v) is 10.5. The van der Waals surface area contributed by atoms with E-state index in [1.807, 2.05) is 56.3 Å². The molecule has 0 spiro atoms. The number of amides is 1. The molecule has 1 aliphatic rings. The number of hydrogen-bond donors (Lipinski definition) is 2. The Morgan fingerprint density at radius 2 is 1.82 bits per heavy atom. The van der Waals surface area contributed by atoms with E-state index in [-0.39, 0.29) is 11.9 Å². The van der Waals surface area contributed by atoms with E-state index in [0.717, 1.165) is 48.2 Å². The standard InChI is InChI=1S/C21H28BrN5O/c1-14-12-19(27(2)3)26-21(24-14)23-13-15-4-10-18(11-5-15)25-20(28)16-6-8-17(22)9-7-16/h6-9,12,15,18H,4-5,10-11,13H2,1-3H3,(H,25,28)(H,23,24,26)/t15-,18+. The first-order valence-electron chi connectivity index (χ1n) is 9.74. The Morgan fingerprint density at radius 1 is 1.14 bits per heavy atom. The molecule has 1 heterocycles. The van der Waals surface area contributed by atoms with Crippen LogP contribution in [0.3, 0.4) is 0 Å². The van der Waals surface area contributed by atoms with Gasteiger partial charge in [-0.2, -0.15) is 4.98 Å². The van der Waals surface area contributed by atoms with Gasteiger partial charge in [-0.05, 0) is 62.8 Å². The van der Waals surface area contributed by atoms with E-state index >= 15 is 0 Å². The van der Waals surface area contributed by atoms with E-state index in [0.29, 0.717) is 17.4 Å². The van der Waals surface area contributed by atoms with Crippen LogP contribution in [0.1, 0.15) is 41.7 Å². The summed E-state index contributed by atoms with van der Waals surface area (Å²) in [6.07, 6.45) is 4.19. The highest BCUT2D eigenvalue weighted by molar-refractivity contribution is 9.10. The highest BCUT2D eigenvalue weighted by atomic mass is 79.9. The molecule has 1 aromatic carbocycles. The third-order valence-electron chi connectivity index (χ3n) is 5.14. The lowest BCUT2D eigenvalue weighted by Gasteiger charge is -2.29. The Hall–Kier alpha value is -2.15. The van der Waals surface area contributed by atoms with E-state index < -0.39 is 0 Å². The van der Waals surface area contributed by atoms with Crippen LogP contribution in [-0.2, 0) is 0 Å². The molecule has 3 rings (SSSR count). The maximum Gasteiger partial charge on any atom is 0.251 e. The lowest BCUT2D eigenvalue weighted by atomic mass is 9.86. The molecule has 0 radical (unpaired) electrons. The van der Waals surface area contributed by atoms with Gasteiger partial charge in [0.05, 0.1) is 0 Å². The van der Waals surface area contributed by atoms with Gasteiger partial charge in [0.15, 0.2) is 0 Å². The largest absolute Gasteiger partial charge is 0.363 e. The first kappa shape index (κ1) is 20.6. The molecule has 2 aromatic rings. The molecule has 0 unspecified atom stereocenters. The van der Waals surface area contributed by atoms with Crippen molar-refractivity contribution in [2.45, 2.75) is 38.6 Å². The first-order chi connectivity index (χ1) is 13.4. The maximum absolute atomic E-state index is 12.4. The minimum atomic E-state index is 0.0125. The molecule has 150 valence electrons. The van der Waals surface area contributed by atoms with E-state index in [9.17, 15) is 4.79 Å². The molecule has 6 nitrogen and oxygen atoms in total. The van der Waals surface area contributed by atoms with Crippen LogP contribution >= 0.6 is 15.9 Å². The highest BCUT2D eigenvalue weighted by Gasteiger charge is 2.23. The third kappa shape index (κ3) is 5.67. The number of nitrogens with zero attached hydrogens (tertiary/aromatic N) is 3. The molecule has 0 aliphatic heterocycles. The molecular weight excluding hydrogens is 418 g/mol. The van der Waals surface area contributed by atoms with Gasteiger partial charge in [0.2, 0.25) is 5.95 Å². The van der Waals surface area contributed by atoms with Crippen molar-refractivity contribution in [1.29, 1.82) is 0 Å². The van der Waals surface area contributed by atoms with Crippen LogP contribution in [0.15, 0.2) is 34.8 Å². The van der Waals surface area contributed by atoms with Crippen LogP contribution in [0.25, 0.3) is 0 Å². The second-order valence-corrected chi connectivity index (χ2v) is 8.58. The Bertz CT molecular complexity index is 801. The molecule has 1 saturated carbocycles. The van der Waals surface area contributed by atoms with Crippen LogP contribution in [0.4, 0.5) is 11.8 Å². The second-order valence-electron chi connectivity index (χ2n) is 7.66. The lowest BCUT2D eigenvalue weighted by Crippen LogP contribution is -2.38. The summed E-state index contributed by atoms with van der Waals surface area (Å²) >= 11 is 3.40. The molecule has 28 heavy (non-hydrogen) atoms. The highest BCUT2D eigenvalue weighted by Crippen LogP contribution is 2.25. The third-order valence-corrected chi connectivity index (χ3v) is 5.66. The maximum atomic E-state index is 12.4. The van der Waals surface area contributed by atoms with Gasteiger partial charge in [-0.3, -0.25) is 4.79 Å². The summed E-state index contributed by atoms with van der Waals surface area (Å²) in [5.74, 6) is 2.19. The summed E-state index contributed by atoms with van der Waals surface area (Å²) in [5, 5.41) is 6.57. The monoisotopic (exact) mass is 445 g/mol. The minimum Gasteiger partial charge on any atom is -0.363 e. The summed E-state index contributed by atoms with van der Waals surface area (Å²) < 4.78 is 0.979. The number of halogens is 1. The molecule has 1 aromatic heterocycles. The number of hydrogen-bond acceptors (Lipinski definition) is 5. The van der Waals surface area contributed by atoms with Gasteiger partial charge in [0.25, 0.3) is 5.91 Å². The fourth-order valence-corrected chi connectivity index (χ4v) is 3.74. The zero-order chi connectivity index (χ0) is 20.1. The summed E-state index contributed by atoms with van der Waals surface area (Å²) in [6.45, 7) is 2.85. The average Bonchev–Trinajstić information content (AvgIpc) is 2.67. The number of carbonyl (C=O) groups excluding carboxylic acids is 1.